The van der Waals surface area contributed by atoms with E-state index in [4.69, 9.17) is 11.6 Å². The first kappa shape index (κ1) is 25.7. The van der Waals surface area contributed by atoms with Crippen LogP contribution < -0.4 is 10.6 Å². The number of hydrogen-bond acceptors (Lipinski definition) is 3. The highest BCUT2D eigenvalue weighted by Gasteiger charge is 2.23. The van der Waals surface area contributed by atoms with Crippen LogP contribution in [0, 0.1) is 6.92 Å². The Morgan fingerprint density at radius 3 is 2.34 bits per heavy atom. The second-order valence-corrected chi connectivity index (χ2v) is 9.91. The molecule has 2 N–H and O–H groups in total. The molecule has 0 bridgehead atoms. The Morgan fingerprint density at radius 2 is 1.79 bits per heavy atom. The van der Waals surface area contributed by atoms with E-state index in [-0.39, 0.29) is 29.4 Å². The van der Waals surface area contributed by atoms with E-state index in [9.17, 15) is 8.42 Å². The molecule has 0 fully saturated rings. The Kier molecular flexibility index (Phi) is 9.43. The molecule has 0 aliphatic carbocycles. The number of hydrogen-bond donors (Lipinski definition) is 2. The molecule has 0 amide bonds. The van der Waals surface area contributed by atoms with Gasteiger partial charge in [0.25, 0.3) is 0 Å². The van der Waals surface area contributed by atoms with Gasteiger partial charge in [-0.25, -0.2) is 8.42 Å². The smallest absolute Gasteiger partial charge is 0.191 e. The van der Waals surface area contributed by atoms with Gasteiger partial charge >= 0.3 is 0 Å². The van der Waals surface area contributed by atoms with Crippen molar-refractivity contribution < 1.29 is 8.42 Å². The fourth-order valence-electron chi connectivity index (χ4n) is 3.05. The van der Waals surface area contributed by atoms with Crippen molar-refractivity contribution in [2.75, 3.05) is 19.8 Å². The molecule has 0 spiro atoms. The van der Waals surface area contributed by atoms with Crippen LogP contribution in [0.25, 0.3) is 0 Å². The maximum atomic E-state index is 11.7. The second-order valence-electron chi connectivity index (χ2n) is 7.52. The summed E-state index contributed by atoms with van der Waals surface area (Å²) in [5.41, 5.74) is 2.62. The molecule has 5 nitrogen and oxygen atoms in total. The summed E-state index contributed by atoms with van der Waals surface area (Å²) in [5, 5.41) is 7.36. The quantitative estimate of drug-likeness (QED) is 0.320. The lowest BCUT2D eigenvalue weighted by molar-refractivity contribution is 0.509. The first-order chi connectivity index (χ1) is 13.0. The summed E-state index contributed by atoms with van der Waals surface area (Å²) in [6, 6.07) is 13.2. The first-order valence-electron chi connectivity index (χ1n) is 9.04. The van der Waals surface area contributed by atoms with Crippen molar-refractivity contribution in [2.24, 2.45) is 4.99 Å². The Balaban J connectivity index is 0.00000420. The van der Waals surface area contributed by atoms with E-state index in [1.807, 2.05) is 36.4 Å². The molecule has 2 aromatic carbocycles. The lowest BCUT2D eigenvalue weighted by Crippen LogP contribution is -2.43. The summed E-state index contributed by atoms with van der Waals surface area (Å²) < 4.78 is 23.5. The molecule has 2 aromatic rings. The monoisotopic (exact) mass is 549 g/mol. The van der Waals surface area contributed by atoms with E-state index in [1.165, 1.54) is 6.26 Å². The minimum atomic E-state index is -3.21. The van der Waals surface area contributed by atoms with Crippen LogP contribution in [0.2, 0.25) is 5.02 Å². The van der Waals surface area contributed by atoms with Crippen molar-refractivity contribution in [3.63, 3.8) is 0 Å². The predicted octanol–water partition coefficient (Wildman–Crippen LogP) is 4.31. The maximum Gasteiger partial charge on any atom is 0.191 e. The molecule has 0 aromatic heterocycles. The summed E-state index contributed by atoms with van der Waals surface area (Å²) in [6.07, 6.45) is 1.22. The molecule has 2 rings (SSSR count). The van der Waals surface area contributed by atoms with Crippen LogP contribution in [0.15, 0.2) is 52.4 Å². The zero-order chi connectivity index (χ0) is 20.9. The minimum Gasteiger partial charge on any atom is -0.356 e. The normalized spacial score (nSPS) is 12.3. The molecule has 0 saturated heterocycles. The van der Waals surface area contributed by atoms with Gasteiger partial charge in [0.1, 0.15) is 0 Å². The number of rotatable bonds is 6. The van der Waals surface area contributed by atoms with Crippen LogP contribution in [-0.4, -0.2) is 34.2 Å². The molecule has 0 heterocycles. The average molecular weight is 550 g/mol. The Hall–Kier alpha value is -1.32. The Morgan fingerprint density at radius 1 is 1.14 bits per heavy atom. The van der Waals surface area contributed by atoms with Gasteiger partial charge in [-0.3, -0.25) is 4.99 Å². The Labute approximate surface area is 196 Å². The van der Waals surface area contributed by atoms with Crippen molar-refractivity contribution in [2.45, 2.75) is 37.6 Å². The summed E-state index contributed by atoms with van der Waals surface area (Å²) in [5.74, 6) is 0.671. The standard InChI is InChI=1S/C21H28ClN3O2S.HI/c1-15-12-16(10-11-19(15)28(5,26)27)13-24-20(23-4)25-14-21(2,3)17-8-6-7-9-18(17)22;/h6-12H,13-14H2,1-5H3,(H2,23,24,25);1H. The summed E-state index contributed by atoms with van der Waals surface area (Å²) in [6.45, 7) is 7.25. The van der Waals surface area contributed by atoms with E-state index >= 15 is 0 Å². The topological polar surface area (TPSA) is 70.6 Å². The zero-order valence-corrected chi connectivity index (χ0v) is 21.3. The van der Waals surface area contributed by atoms with Crippen LogP contribution in [0.5, 0.6) is 0 Å². The number of nitrogens with zero attached hydrogens (tertiary/aromatic N) is 1. The third-order valence-corrected chi connectivity index (χ3v) is 6.21. The van der Waals surface area contributed by atoms with Crippen molar-refractivity contribution in [3.05, 3.63) is 64.2 Å². The lowest BCUT2D eigenvalue weighted by atomic mass is 9.84. The van der Waals surface area contributed by atoms with E-state index < -0.39 is 9.84 Å². The SMILES string of the molecule is CN=C(NCc1ccc(S(C)(=O)=O)c(C)c1)NCC(C)(C)c1ccccc1Cl.I. The molecule has 29 heavy (non-hydrogen) atoms. The summed E-state index contributed by atoms with van der Waals surface area (Å²) in [4.78, 5) is 4.63. The van der Waals surface area contributed by atoms with Crippen LogP contribution in [0.4, 0.5) is 0 Å². The van der Waals surface area contributed by atoms with Crippen LogP contribution in [-0.2, 0) is 21.8 Å². The fraction of sp³-hybridized carbons (Fsp3) is 0.381. The predicted molar refractivity (Wildman–Crippen MR) is 132 cm³/mol. The lowest BCUT2D eigenvalue weighted by Gasteiger charge is -2.27. The molecule has 0 aliphatic rings. The van der Waals surface area contributed by atoms with Gasteiger partial charge in [0, 0.05) is 36.8 Å². The van der Waals surface area contributed by atoms with Gasteiger partial charge in [-0.1, -0.05) is 55.8 Å². The van der Waals surface area contributed by atoms with Gasteiger partial charge in [-0.05, 0) is 35.7 Å². The average Bonchev–Trinajstić information content (AvgIpc) is 2.61. The number of sulfone groups is 1. The highest BCUT2D eigenvalue weighted by Crippen LogP contribution is 2.29. The number of benzene rings is 2. The maximum absolute atomic E-state index is 11.7. The molecular weight excluding hydrogens is 521 g/mol. The van der Waals surface area contributed by atoms with E-state index in [0.717, 1.165) is 21.7 Å². The third-order valence-electron chi connectivity index (χ3n) is 4.62. The van der Waals surface area contributed by atoms with Crippen molar-refractivity contribution >= 4 is 51.4 Å². The number of nitrogens with one attached hydrogen (secondary N) is 2. The summed E-state index contributed by atoms with van der Waals surface area (Å²) in [7, 11) is -1.49. The highest BCUT2D eigenvalue weighted by atomic mass is 127. The highest BCUT2D eigenvalue weighted by molar-refractivity contribution is 14.0. The van der Waals surface area contributed by atoms with E-state index in [0.29, 0.717) is 23.9 Å². The largest absolute Gasteiger partial charge is 0.356 e. The van der Waals surface area contributed by atoms with Crippen LogP contribution >= 0.6 is 35.6 Å². The molecular formula is C21H29ClIN3O2S. The molecule has 0 radical (unpaired) electrons. The summed E-state index contributed by atoms with van der Waals surface area (Å²) >= 11 is 6.34. The molecule has 0 atom stereocenters. The number of aryl methyl sites for hydroxylation is 1. The fourth-order valence-corrected chi connectivity index (χ4v) is 4.40. The van der Waals surface area contributed by atoms with Crippen LogP contribution in [0.1, 0.15) is 30.5 Å². The second kappa shape index (κ2) is 10.6. The van der Waals surface area contributed by atoms with Gasteiger partial charge in [0.15, 0.2) is 15.8 Å². The third kappa shape index (κ3) is 7.15. The van der Waals surface area contributed by atoms with Gasteiger partial charge in [-0.2, -0.15) is 0 Å². The van der Waals surface area contributed by atoms with Crippen molar-refractivity contribution in [1.29, 1.82) is 0 Å². The molecule has 0 aliphatic heterocycles. The van der Waals surface area contributed by atoms with Crippen molar-refractivity contribution in [3.8, 4) is 0 Å². The molecule has 160 valence electrons. The first-order valence-corrected chi connectivity index (χ1v) is 11.3. The Bertz CT molecular complexity index is 976. The van der Waals surface area contributed by atoms with Gasteiger partial charge < -0.3 is 10.6 Å². The molecule has 8 heteroatoms. The van der Waals surface area contributed by atoms with E-state index in [2.05, 4.69) is 29.5 Å². The van der Waals surface area contributed by atoms with Gasteiger partial charge in [-0.15, -0.1) is 24.0 Å². The minimum absolute atomic E-state index is 0. The van der Waals surface area contributed by atoms with Crippen molar-refractivity contribution in [1.82, 2.24) is 10.6 Å². The molecule has 0 saturated carbocycles. The van der Waals surface area contributed by atoms with Gasteiger partial charge in [0.05, 0.1) is 4.90 Å². The number of halogens is 2. The number of aliphatic imine (C=N–C) groups is 1. The number of guanidine groups is 1. The van der Waals surface area contributed by atoms with Crippen LogP contribution in [0.3, 0.4) is 0 Å². The van der Waals surface area contributed by atoms with E-state index in [1.54, 1.807) is 20.0 Å². The van der Waals surface area contributed by atoms with Gasteiger partial charge in [0.2, 0.25) is 0 Å². The molecule has 0 unspecified atom stereocenters. The zero-order valence-electron chi connectivity index (χ0n) is 17.4.